The van der Waals surface area contributed by atoms with Gasteiger partial charge in [-0.15, -0.1) is 0 Å². The Labute approximate surface area is 99.8 Å². The minimum absolute atomic E-state index is 0.0191. The van der Waals surface area contributed by atoms with Gasteiger partial charge >= 0.3 is 0 Å². The zero-order chi connectivity index (χ0) is 10.8. The highest BCUT2D eigenvalue weighted by molar-refractivity contribution is 9.10. The average molecular weight is 272 g/mol. The molecule has 1 saturated heterocycles. The van der Waals surface area contributed by atoms with Gasteiger partial charge in [0.2, 0.25) is 5.91 Å². The number of amides is 1. The maximum atomic E-state index is 12.0. The van der Waals surface area contributed by atoms with Crippen molar-refractivity contribution in [2.24, 2.45) is 11.8 Å². The van der Waals surface area contributed by atoms with Crippen LogP contribution in [0.2, 0.25) is 0 Å². The molecular formula is C12H18BrNO. The van der Waals surface area contributed by atoms with Crippen molar-refractivity contribution in [2.45, 2.75) is 31.0 Å². The molecule has 0 radical (unpaired) electrons. The van der Waals surface area contributed by atoms with E-state index in [1.54, 1.807) is 0 Å². The number of nitrogens with zero attached hydrogens (tertiary/aromatic N) is 1. The number of carbonyl (C=O) groups is 1. The zero-order valence-electron chi connectivity index (χ0n) is 9.16. The van der Waals surface area contributed by atoms with E-state index < -0.39 is 0 Å². The lowest BCUT2D eigenvalue weighted by atomic mass is 9.86. The highest BCUT2D eigenvalue weighted by Crippen LogP contribution is 2.33. The number of halogens is 1. The minimum Gasteiger partial charge on any atom is -0.341 e. The average Bonchev–Trinajstić information content (AvgIpc) is 2.70. The van der Waals surface area contributed by atoms with Gasteiger partial charge in [0.1, 0.15) is 0 Å². The number of carbonyl (C=O) groups excluding carboxylic acids is 1. The Kier molecular flexibility index (Phi) is 3.49. The molecule has 3 atom stereocenters. The van der Waals surface area contributed by atoms with Gasteiger partial charge in [0.15, 0.2) is 0 Å². The van der Waals surface area contributed by atoms with Crippen molar-refractivity contribution < 1.29 is 4.79 Å². The van der Waals surface area contributed by atoms with Gasteiger partial charge in [-0.05, 0) is 31.1 Å². The fraction of sp³-hybridized carbons (Fsp3) is 0.750. The van der Waals surface area contributed by atoms with Crippen LogP contribution in [0.15, 0.2) is 12.2 Å². The molecule has 0 aromatic carbocycles. The third kappa shape index (κ3) is 2.27. The van der Waals surface area contributed by atoms with Gasteiger partial charge in [0.05, 0.1) is 4.83 Å². The van der Waals surface area contributed by atoms with Crippen molar-refractivity contribution in [2.75, 3.05) is 13.1 Å². The maximum absolute atomic E-state index is 12.0. The van der Waals surface area contributed by atoms with Crippen LogP contribution < -0.4 is 0 Å². The predicted octanol–water partition coefficient (Wildman–Crippen LogP) is 2.58. The minimum atomic E-state index is 0.0191. The number of likely N-dealkylation sites (tertiary alicyclic amines) is 1. The summed E-state index contributed by atoms with van der Waals surface area (Å²) in [6.07, 6.45) is 7.73. The topological polar surface area (TPSA) is 20.3 Å². The van der Waals surface area contributed by atoms with Gasteiger partial charge in [-0.2, -0.15) is 0 Å². The lowest BCUT2D eigenvalue weighted by Gasteiger charge is -2.18. The Morgan fingerprint density at radius 3 is 2.40 bits per heavy atom. The Bertz CT molecular complexity index is 261. The van der Waals surface area contributed by atoms with Crippen LogP contribution in [-0.2, 0) is 4.79 Å². The molecule has 84 valence electrons. The zero-order valence-corrected chi connectivity index (χ0v) is 10.7. The van der Waals surface area contributed by atoms with Crippen LogP contribution in [0.1, 0.15) is 26.2 Å². The second-order valence-electron chi connectivity index (χ2n) is 4.58. The molecule has 0 bridgehead atoms. The first-order valence-corrected chi connectivity index (χ1v) is 6.71. The standard InChI is InChI=1S/C12H18BrNO/c1-2-11(13)12(15)14-7-9-5-3-4-6-10(9)8-14/h3-4,9-11H,2,5-8H2,1H3/t9-,10+,11?. The van der Waals surface area contributed by atoms with E-state index >= 15 is 0 Å². The Hall–Kier alpha value is -0.310. The first-order valence-electron chi connectivity index (χ1n) is 5.80. The van der Waals surface area contributed by atoms with E-state index in [0.29, 0.717) is 0 Å². The van der Waals surface area contributed by atoms with Crippen molar-refractivity contribution in [3.8, 4) is 0 Å². The summed E-state index contributed by atoms with van der Waals surface area (Å²) in [5.74, 6) is 1.72. The molecule has 1 amide bonds. The van der Waals surface area contributed by atoms with E-state index in [1.807, 2.05) is 11.8 Å². The summed E-state index contributed by atoms with van der Waals surface area (Å²) in [5.41, 5.74) is 0. The van der Waals surface area contributed by atoms with Gasteiger partial charge in [-0.25, -0.2) is 0 Å². The summed E-state index contributed by atoms with van der Waals surface area (Å²) in [6.45, 7) is 3.98. The van der Waals surface area contributed by atoms with E-state index in [0.717, 1.165) is 44.2 Å². The lowest BCUT2D eigenvalue weighted by molar-refractivity contribution is -0.129. The summed E-state index contributed by atoms with van der Waals surface area (Å²) in [5, 5.41) is 0. The number of fused-ring (bicyclic) bond motifs is 1. The van der Waals surface area contributed by atoms with E-state index in [2.05, 4.69) is 28.1 Å². The van der Waals surface area contributed by atoms with Crippen LogP contribution >= 0.6 is 15.9 Å². The summed E-state index contributed by atoms with van der Waals surface area (Å²) in [4.78, 5) is 14.0. The summed E-state index contributed by atoms with van der Waals surface area (Å²) < 4.78 is 0. The smallest absolute Gasteiger partial charge is 0.236 e. The second-order valence-corrected chi connectivity index (χ2v) is 5.69. The fourth-order valence-electron chi connectivity index (χ4n) is 2.57. The second kappa shape index (κ2) is 4.69. The van der Waals surface area contributed by atoms with Crippen LogP contribution in [0.4, 0.5) is 0 Å². The highest BCUT2D eigenvalue weighted by Gasteiger charge is 2.36. The van der Waals surface area contributed by atoms with E-state index in [4.69, 9.17) is 0 Å². The molecule has 0 aromatic heterocycles. The number of hydrogen-bond acceptors (Lipinski definition) is 1. The van der Waals surface area contributed by atoms with Crippen molar-refractivity contribution >= 4 is 21.8 Å². The van der Waals surface area contributed by atoms with Gasteiger partial charge < -0.3 is 4.90 Å². The molecule has 15 heavy (non-hydrogen) atoms. The number of allylic oxidation sites excluding steroid dienone is 2. The molecule has 0 aromatic rings. The van der Waals surface area contributed by atoms with Gasteiger partial charge in [0.25, 0.3) is 0 Å². The summed E-state index contributed by atoms with van der Waals surface area (Å²) >= 11 is 3.44. The normalized spacial score (nSPS) is 31.5. The molecule has 1 fully saturated rings. The van der Waals surface area contributed by atoms with Crippen LogP contribution in [0, 0.1) is 11.8 Å². The van der Waals surface area contributed by atoms with Crippen molar-refractivity contribution in [3.05, 3.63) is 12.2 Å². The molecule has 1 unspecified atom stereocenters. The molecular weight excluding hydrogens is 254 g/mol. The van der Waals surface area contributed by atoms with Crippen LogP contribution in [0.25, 0.3) is 0 Å². The predicted molar refractivity (Wildman–Crippen MR) is 64.9 cm³/mol. The summed E-state index contributed by atoms with van der Waals surface area (Å²) in [6, 6.07) is 0. The SMILES string of the molecule is CCC(Br)C(=O)N1C[C@H]2CC=CC[C@H]2C1. The Morgan fingerprint density at radius 1 is 1.40 bits per heavy atom. The number of alkyl halides is 1. The molecule has 1 heterocycles. The van der Waals surface area contributed by atoms with E-state index in [9.17, 15) is 4.79 Å². The van der Waals surface area contributed by atoms with E-state index in [1.165, 1.54) is 0 Å². The number of hydrogen-bond donors (Lipinski definition) is 0. The summed E-state index contributed by atoms with van der Waals surface area (Å²) in [7, 11) is 0. The molecule has 3 heteroatoms. The van der Waals surface area contributed by atoms with Gasteiger partial charge in [0, 0.05) is 13.1 Å². The molecule has 2 aliphatic rings. The third-order valence-electron chi connectivity index (χ3n) is 3.56. The Balaban J connectivity index is 1.95. The molecule has 0 saturated carbocycles. The van der Waals surface area contributed by atoms with Gasteiger partial charge in [-0.3, -0.25) is 4.79 Å². The van der Waals surface area contributed by atoms with Crippen LogP contribution in [-0.4, -0.2) is 28.7 Å². The lowest BCUT2D eigenvalue weighted by Crippen LogP contribution is -2.34. The monoisotopic (exact) mass is 271 g/mol. The largest absolute Gasteiger partial charge is 0.341 e. The Morgan fingerprint density at radius 2 is 1.93 bits per heavy atom. The molecule has 2 rings (SSSR count). The maximum Gasteiger partial charge on any atom is 0.236 e. The fourth-order valence-corrected chi connectivity index (χ4v) is 2.86. The first kappa shape index (κ1) is 11.2. The van der Waals surface area contributed by atoms with E-state index in [-0.39, 0.29) is 10.7 Å². The number of rotatable bonds is 2. The molecule has 0 spiro atoms. The first-order chi connectivity index (χ1) is 7.22. The third-order valence-corrected chi connectivity index (χ3v) is 4.60. The highest BCUT2D eigenvalue weighted by atomic mass is 79.9. The van der Waals surface area contributed by atoms with Crippen molar-refractivity contribution in [3.63, 3.8) is 0 Å². The van der Waals surface area contributed by atoms with Crippen molar-refractivity contribution in [1.82, 2.24) is 4.90 Å². The van der Waals surface area contributed by atoms with Crippen molar-refractivity contribution in [1.29, 1.82) is 0 Å². The quantitative estimate of drug-likeness (QED) is 0.559. The van der Waals surface area contributed by atoms with Crippen LogP contribution in [0.3, 0.4) is 0 Å². The van der Waals surface area contributed by atoms with Crippen LogP contribution in [0.5, 0.6) is 0 Å². The molecule has 2 nitrogen and oxygen atoms in total. The van der Waals surface area contributed by atoms with Gasteiger partial charge in [-0.1, -0.05) is 35.0 Å². The molecule has 1 aliphatic heterocycles. The molecule has 1 aliphatic carbocycles. The molecule has 0 N–H and O–H groups in total.